The largest absolute Gasteiger partial charge is 0.502 e. The molecule has 0 saturated carbocycles. The van der Waals surface area contributed by atoms with E-state index >= 15 is 0 Å². The van der Waals surface area contributed by atoms with E-state index < -0.39 is 53.5 Å². The first-order chi connectivity index (χ1) is 18.8. The van der Waals surface area contributed by atoms with Gasteiger partial charge in [0, 0.05) is 42.2 Å². The molecule has 1 amide bonds. The lowest BCUT2D eigenvalue weighted by atomic mass is 9.92. The van der Waals surface area contributed by atoms with Crippen molar-refractivity contribution in [3.8, 4) is 5.75 Å². The summed E-state index contributed by atoms with van der Waals surface area (Å²) < 4.78 is 43.2. The lowest BCUT2D eigenvalue weighted by molar-refractivity contribution is -0.173. The highest BCUT2D eigenvalue weighted by Gasteiger charge is 2.48. The molecule has 12 heteroatoms. The Kier molecular flexibility index (Phi) is 6.85. The van der Waals surface area contributed by atoms with Gasteiger partial charge in [0.05, 0.1) is 5.56 Å². The van der Waals surface area contributed by atoms with E-state index in [0.29, 0.717) is 10.7 Å². The molecule has 5 rings (SSSR count). The Balaban J connectivity index is 1.88. The molecule has 2 atom stereocenters. The lowest BCUT2D eigenvalue weighted by Crippen LogP contribution is -2.60. The van der Waals surface area contributed by atoms with Gasteiger partial charge in [-0.15, -0.1) is 11.8 Å². The van der Waals surface area contributed by atoms with E-state index in [9.17, 15) is 32.7 Å². The van der Waals surface area contributed by atoms with E-state index in [4.69, 9.17) is 0 Å². The average Bonchev–Trinajstić information content (AvgIpc) is 3.06. The number of nitrogens with zero attached hydrogens (tertiary/aromatic N) is 4. The number of carbonyl (C=O) groups is 2. The molecule has 1 N–H and O–H groups in total. The van der Waals surface area contributed by atoms with Crippen LogP contribution in [0.5, 0.6) is 5.75 Å². The summed E-state index contributed by atoms with van der Waals surface area (Å²) in [5, 5.41) is 12.4. The number of carbonyl (C=O) groups excluding carboxylic acids is 2. The number of aromatic hydroxyl groups is 1. The number of ketones is 1. The van der Waals surface area contributed by atoms with Crippen molar-refractivity contribution in [2.24, 2.45) is 0 Å². The molecule has 3 aromatic rings. The van der Waals surface area contributed by atoms with Crippen LogP contribution in [0, 0.1) is 0 Å². The minimum atomic E-state index is -4.78. The topological polar surface area (TPSA) is 86.1 Å². The quantitative estimate of drug-likeness (QED) is 0.460. The zero-order valence-corrected chi connectivity index (χ0v) is 23.0. The summed E-state index contributed by atoms with van der Waals surface area (Å²) in [5.74, 6) is -2.30. The van der Waals surface area contributed by atoms with Gasteiger partial charge >= 0.3 is 6.18 Å². The number of anilines is 1. The maximum absolute atomic E-state index is 14.0. The number of hydrogen-bond acceptors (Lipinski definition) is 7. The predicted molar refractivity (Wildman–Crippen MR) is 146 cm³/mol. The first-order valence-electron chi connectivity index (χ1n) is 12.5. The molecular formula is C28H27F3N4O4S. The highest BCUT2D eigenvalue weighted by atomic mass is 32.2. The van der Waals surface area contributed by atoms with Gasteiger partial charge in [0.25, 0.3) is 5.91 Å². The fraction of sp³-hybridized carbons (Fsp3) is 0.321. The molecule has 0 unspecified atom stereocenters. The van der Waals surface area contributed by atoms with Gasteiger partial charge in [0.15, 0.2) is 17.2 Å². The van der Waals surface area contributed by atoms with Crippen LogP contribution < -0.4 is 15.3 Å². The summed E-state index contributed by atoms with van der Waals surface area (Å²) in [6, 6.07) is 10.3. The third-order valence-corrected chi connectivity index (χ3v) is 8.48. The van der Waals surface area contributed by atoms with Gasteiger partial charge in [-0.3, -0.25) is 24.1 Å². The summed E-state index contributed by atoms with van der Waals surface area (Å²) in [6.45, 7) is 1.48. The number of rotatable bonds is 4. The summed E-state index contributed by atoms with van der Waals surface area (Å²) in [6.07, 6.45) is -3.63. The first kappa shape index (κ1) is 27.6. The smallest absolute Gasteiger partial charge is 0.408 e. The van der Waals surface area contributed by atoms with Gasteiger partial charge in [-0.25, -0.2) is 0 Å². The van der Waals surface area contributed by atoms with Crippen molar-refractivity contribution in [1.82, 2.24) is 9.58 Å². The fourth-order valence-electron chi connectivity index (χ4n) is 5.24. The van der Waals surface area contributed by atoms with Gasteiger partial charge < -0.3 is 14.9 Å². The van der Waals surface area contributed by atoms with E-state index in [0.717, 1.165) is 47.3 Å². The molecule has 1 aromatic heterocycles. The molecule has 0 aliphatic carbocycles. The number of amides is 1. The van der Waals surface area contributed by atoms with Crippen LogP contribution in [0.4, 0.5) is 18.9 Å². The van der Waals surface area contributed by atoms with Crippen LogP contribution in [0.3, 0.4) is 0 Å². The van der Waals surface area contributed by atoms with E-state index in [2.05, 4.69) is 0 Å². The number of Topliss-reactive ketones (excluding diaryl/α,β-unsaturated/α-hetero) is 1. The third-order valence-electron chi connectivity index (χ3n) is 7.35. The molecule has 2 aliphatic rings. The highest BCUT2D eigenvalue weighted by molar-refractivity contribution is 7.98. The van der Waals surface area contributed by atoms with Crippen LogP contribution in [-0.4, -0.2) is 59.4 Å². The standard InChI is InChI=1S/C28H27F3N4O4S/c1-15(36)19-12-34-24(26(38)25(19)37)27(39)33(16(2)28(29,30)31)14-35(34)23-18-9-5-6-11-21(18)40-13-17-8-7-10-20(22(17)23)32(3)4/h5-12,16,23,38H,13-14H2,1-4H3/t16-,23-/m1/s1. The summed E-state index contributed by atoms with van der Waals surface area (Å²) in [5.41, 5.74) is 1.19. The second kappa shape index (κ2) is 9.92. The molecule has 40 heavy (non-hydrogen) atoms. The molecule has 0 bridgehead atoms. The minimum Gasteiger partial charge on any atom is -0.502 e. The van der Waals surface area contributed by atoms with Crippen LogP contribution in [-0.2, 0) is 5.75 Å². The van der Waals surface area contributed by atoms with E-state index in [1.807, 2.05) is 61.5 Å². The number of alkyl halides is 3. The van der Waals surface area contributed by atoms with Gasteiger partial charge in [0.2, 0.25) is 5.43 Å². The highest BCUT2D eigenvalue weighted by Crippen LogP contribution is 2.46. The van der Waals surface area contributed by atoms with Crippen molar-refractivity contribution >= 4 is 29.1 Å². The van der Waals surface area contributed by atoms with Gasteiger partial charge in [-0.1, -0.05) is 30.3 Å². The summed E-state index contributed by atoms with van der Waals surface area (Å²) in [7, 11) is 3.72. The van der Waals surface area contributed by atoms with Gasteiger partial charge in [-0.2, -0.15) is 13.2 Å². The summed E-state index contributed by atoms with van der Waals surface area (Å²) >= 11 is 1.58. The lowest BCUT2D eigenvalue weighted by Gasteiger charge is -2.46. The van der Waals surface area contributed by atoms with E-state index in [1.165, 1.54) is 9.69 Å². The Morgan fingerprint density at radius 1 is 1.12 bits per heavy atom. The Labute approximate surface area is 232 Å². The zero-order chi connectivity index (χ0) is 29.1. The second-order valence-electron chi connectivity index (χ2n) is 10.0. The zero-order valence-electron chi connectivity index (χ0n) is 22.2. The molecule has 2 aliphatic heterocycles. The second-order valence-corrected chi connectivity index (χ2v) is 11.0. The van der Waals surface area contributed by atoms with Crippen LogP contribution in [0.15, 0.2) is 58.4 Å². The number of hydrogen-bond donors (Lipinski definition) is 1. The molecule has 210 valence electrons. The molecule has 0 fully saturated rings. The van der Waals surface area contributed by atoms with Crippen molar-refractivity contribution in [3.05, 3.63) is 86.8 Å². The molecule has 0 radical (unpaired) electrons. The van der Waals surface area contributed by atoms with E-state index in [-0.39, 0.29) is 5.56 Å². The minimum absolute atomic E-state index is 0.381. The summed E-state index contributed by atoms with van der Waals surface area (Å²) in [4.78, 5) is 42.1. The Morgan fingerprint density at radius 2 is 1.82 bits per heavy atom. The Bertz CT molecular complexity index is 1590. The van der Waals surface area contributed by atoms with Crippen LogP contribution in [0.2, 0.25) is 0 Å². The monoisotopic (exact) mass is 572 g/mol. The van der Waals surface area contributed by atoms with Crippen molar-refractivity contribution in [2.75, 3.05) is 30.7 Å². The first-order valence-corrected chi connectivity index (χ1v) is 13.5. The number of thioether (sulfide) groups is 1. The molecule has 8 nitrogen and oxygen atoms in total. The van der Waals surface area contributed by atoms with Gasteiger partial charge in [0.1, 0.15) is 18.8 Å². The van der Waals surface area contributed by atoms with Gasteiger partial charge in [-0.05, 0) is 37.1 Å². The Morgan fingerprint density at radius 3 is 2.48 bits per heavy atom. The third kappa shape index (κ3) is 4.40. The maximum atomic E-state index is 14.0. The maximum Gasteiger partial charge on any atom is 0.408 e. The van der Waals surface area contributed by atoms with Crippen LogP contribution in [0.25, 0.3) is 0 Å². The number of aromatic nitrogens is 1. The number of halogens is 3. The molecule has 3 heterocycles. The van der Waals surface area contributed by atoms with Crippen molar-refractivity contribution in [3.63, 3.8) is 0 Å². The molecular weight excluding hydrogens is 545 g/mol. The molecule has 0 saturated heterocycles. The van der Waals surface area contributed by atoms with Crippen molar-refractivity contribution in [2.45, 2.75) is 42.8 Å². The number of benzene rings is 2. The van der Waals surface area contributed by atoms with Crippen molar-refractivity contribution in [1.29, 1.82) is 0 Å². The number of fused-ring (bicyclic) bond motifs is 3. The SMILES string of the molecule is CC(=O)c1cn2c(c(O)c1=O)C(=O)N([C@H](C)C(F)(F)F)CN2[C@@H]1c2ccccc2SCc2cccc(N(C)C)c21. The molecule has 2 aromatic carbocycles. The fourth-order valence-corrected chi connectivity index (χ4v) is 6.32. The van der Waals surface area contributed by atoms with Crippen molar-refractivity contribution < 1.29 is 27.9 Å². The normalized spacial score (nSPS) is 17.5. The van der Waals surface area contributed by atoms with Crippen LogP contribution >= 0.6 is 11.8 Å². The van der Waals surface area contributed by atoms with E-state index in [1.54, 1.807) is 11.8 Å². The predicted octanol–water partition coefficient (Wildman–Crippen LogP) is 4.52. The average molecular weight is 573 g/mol. The Hall–Kier alpha value is -3.93. The molecule has 0 spiro atoms. The number of pyridine rings is 1. The van der Waals surface area contributed by atoms with Crippen LogP contribution in [0.1, 0.15) is 57.4 Å².